The Balaban J connectivity index is -0.00000000214. The number of hydrogen-bond donors (Lipinski definition) is 3. The molecular weight excluding hydrogens is 195 g/mol. The molecule has 0 unspecified atom stereocenters. The van der Waals surface area contributed by atoms with Crippen LogP contribution in [0.4, 0.5) is 0 Å². The Morgan fingerprint density at radius 3 is 0.545 bits per heavy atom. The number of rotatable bonds is 0. The van der Waals surface area contributed by atoms with Crippen molar-refractivity contribution in [3.63, 3.8) is 0 Å². The van der Waals surface area contributed by atoms with E-state index >= 15 is 0 Å². The Labute approximate surface area is 92.7 Å². The summed E-state index contributed by atoms with van der Waals surface area (Å²) in [6.07, 6.45) is 0. The molecule has 0 radical (unpaired) electrons. The summed E-state index contributed by atoms with van der Waals surface area (Å²) >= 11 is 0. The van der Waals surface area contributed by atoms with Crippen LogP contribution in [0.2, 0.25) is 0 Å². The van der Waals surface area contributed by atoms with Crippen LogP contribution in [0.5, 0.6) is 0 Å². The second-order valence-corrected chi connectivity index (χ2v) is 0.346. The first-order valence-electron chi connectivity index (χ1n) is 0.775. The Morgan fingerprint density at radius 2 is 0.545 bits per heavy atom. The molecule has 0 atom stereocenters. The van der Waals surface area contributed by atoms with E-state index in [4.69, 9.17) is 15.1 Å². The summed E-state index contributed by atoms with van der Waals surface area (Å²) in [7, 11) is -2.17. The van der Waals surface area contributed by atoms with Crippen molar-refractivity contribution in [2.75, 3.05) is 0 Å². The zero-order chi connectivity index (χ0) is 3.58. The van der Waals surface area contributed by atoms with E-state index in [-0.39, 0.29) is 70.6 Å². The van der Waals surface area contributed by atoms with E-state index in [1.165, 1.54) is 0 Å². The molecule has 0 heterocycles. The second-order valence-electron chi connectivity index (χ2n) is 0.346. The van der Waals surface area contributed by atoms with Gasteiger partial charge in [0, 0.05) is 0 Å². The summed E-state index contributed by atoms with van der Waals surface area (Å²) in [5.74, 6) is 0. The summed E-state index contributed by atoms with van der Waals surface area (Å²) in [5.41, 5.74) is 0. The van der Waals surface area contributed by atoms with Gasteiger partial charge in [0.2, 0.25) is 0 Å². The van der Waals surface area contributed by atoms with Gasteiger partial charge in [-0.25, -0.2) is 0 Å². The van der Waals surface area contributed by atoms with Gasteiger partial charge in [-0.05, 0) is 0 Å². The fourth-order valence-corrected chi connectivity index (χ4v) is 0. The van der Waals surface area contributed by atoms with Gasteiger partial charge in [0.15, 0.2) is 0 Å². The fourth-order valence-electron chi connectivity index (χ4n) is 0. The Bertz CT molecular complexity index is 14.3. The normalized spacial score (nSPS) is 2.45. The molecule has 9 nitrogen and oxygen atoms in total. The van der Waals surface area contributed by atoms with Crippen molar-refractivity contribution < 1.29 is 47.9 Å². The van der Waals surface area contributed by atoms with Gasteiger partial charge < -0.3 is 47.9 Å². The van der Waals surface area contributed by atoms with Gasteiger partial charge in [0.05, 0.1) is 0 Å². The van der Waals surface area contributed by atoms with E-state index in [0.717, 1.165) is 0 Å². The van der Waals surface area contributed by atoms with E-state index in [0.29, 0.717) is 0 Å². The van der Waals surface area contributed by atoms with Gasteiger partial charge in [-0.15, -0.1) is 0 Å². The van der Waals surface area contributed by atoms with Crippen molar-refractivity contribution in [3.8, 4) is 0 Å². The van der Waals surface area contributed by atoms with Crippen molar-refractivity contribution in [3.05, 3.63) is 0 Å². The maximum absolute atomic E-state index is 7.17. The van der Waals surface area contributed by atoms with Crippen molar-refractivity contribution >= 4 is 45.1 Å². The predicted molar refractivity (Wildman–Crippen MR) is 42.6 cm³/mol. The van der Waals surface area contributed by atoms with Crippen LogP contribution in [0.25, 0.3) is 0 Å². The van der Waals surface area contributed by atoms with E-state index in [9.17, 15) is 0 Å². The fraction of sp³-hybridized carbons (Fsp3) is 0. The van der Waals surface area contributed by atoms with E-state index < -0.39 is 7.32 Å². The predicted octanol–water partition coefficient (Wildman–Crippen LogP) is -7.92. The van der Waals surface area contributed by atoms with Gasteiger partial charge in [-0.2, -0.15) is 0 Å². The molecule has 0 saturated heterocycles. The number of hydrogen-bond acceptors (Lipinski definition) is 3. The summed E-state index contributed by atoms with van der Waals surface area (Å²) in [5, 5.41) is 21.5. The molecule has 0 aliphatic carbocycles. The molecule has 0 aromatic rings. The molecule has 0 fully saturated rings. The van der Waals surface area contributed by atoms with Gasteiger partial charge in [0.25, 0.3) is 0 Å². The van der Waals surface area contributed by atoms with Gasteiger partial charge in [-0.3, -0.25) is 0 Å². The van der Waals surface area contributed by atoms with Gasteiger partial charge in [0.1, 0.15) is 0 Å². The molecule has 0 bridgehead atoms. The Hall–Kier alpha value is 0.965. The van der Waals surface area contributed by atoms with Gasteiger partial charge in [-0.1, -0.05) is 0 Å². The van der Waals surface area contributed by atoms with Gasteiger partial charge >= 0.3 is 45.1 Å². The molecule has 11 heteroatoms. The molecular formula is H17BCaO9. The standard InChI is InChI=1S/BH3O3.Ca.6H2O.2H/c2-1(3)4;;;;;;;;;/h2-4H;;6*1H2;;. The monoisotopic (exact) mass is 212 g/mol. The molecule has 0 aliphatic heterocycles. The molecule has 0 amide bonds. The van der Waals surface area contributed by atoms with Crippen LogP contribution in [-0.2, 0) is 0 Å². The summed E-state index contributed by atoms with van der Waals surface area (Å²) < 4.78 is 0. The Morgan fingerprint density at radius 1 is 0.545 bits per heavy atom. The zero-order valence-electron chi connectivity index (χ0n) is 4.92. The molecule has 11 heavy (non-hydrogen) atoms. The molecule has 0 rings (SSSR count). The first-order chi connectivity index (χ1) is 1.73. The minimum atomic E-state index is -2.17. The van der Waals surface area contributed by atoms with E-state index in [2.05, 4.69) is 0 Å². The van der Waals surface area contributed by atoms with Crippen LogP contribution in [0.15, 0.2) is 0 Å². The first-order valence-corrected chi connectivity index (χ1v) is 0.775. The molecule has 76 valence electrons. The van der Waals surface area contributed by atoms with Crippen LogP contribution < -0.4 is 0 Å². The van der Waals surface area contributed by atoms with Crippen LogP contribution in [0, 0.1) is 0 Å². The third-order valence-corrected chi connectivity index (χ3v) is 0. The maximum atomic E-state index is 7.17. The van der Waals surface area contributed by atoms with Crippen molar-refractivity contribution in [2.45, 2.75) is 0 Å². The molecule has 15 N–H and O–H groups in total. The SMILES string of the molecule is O.O.O.O.O.O.OB(O)O.[CaH2]. The third kappa shape index (κ3) is 947. The molecule has 0 saturated carbocycles. The summed E-state index contributed by atoms with van der Waals surface area (Å²) in [6, 6.07) is 0. The average Bonchev–Trinajstić information content (AvgIpc) is 0.811. The van der Waals surface area contributed by atoms with Crippen molar-refractivity contribution in [1.82, 2.24) is 0 Å². The molecule has 0 aromatic carbocycles. The molecule has 0 aliphatic rings. The van der Waals surface area contributed by atoms with Crippen LogP contribution in [-0.4, -0.2) is 93.0 Å². The Kier molecular flexibility index (Phi) is 576. The third-order valence-electron chi connectivity index (χ3n) is 0. The average molecular weight is 212 g/mol. The molecule has 0 spiro atoms. The van der Waals surface area contributed by atoms with Crippen LogP contribution >= 0.6 is 0 Å². The quantitative estimate of drug-likeness (QED) is 0.330. The molecule has 0 aromatic heterocycles. The van der Waals surface area contributed by atoms with Crippen molar-refractivity contribution in [2.24, 2.45) is 0 Å². The van der Waals surface area contributed by atoms with Crippen molar-refractivity contribution in [1.29, 1.82) is 0 Å². The van der Waals surface area contributed by atoms with Crippen LogP contribution in [0.1, 0.15) is 0 Å². The van der Waals surface area contributed by atoms with Crippen LogP contribution in [0.3, 0.4) is 0 Å². The summed E-state index contributed by atoms with van der Waals surface area (Å²) in [4.78, 5) is 0. The minimum absolute atomic E-state index is 0. The first kappa shape index (κ1) is 91.5. The second kappa shape index (κ2) is 69.3. The topological polar surface area (TPSA) is 250 Å². The van der Waals surface area contributed by atoms with E-state index in [1.807, 2.05) is 0 Å². The zero-order valence-corrected chi connectivity index (χ0v) is 4.92. The summed E-state index contributed by atoms with van der Waals surface area (Å²) in [6.45, 7) is 0. The van der Waals surface area contributed by atoms with E-state index in [1.54, 1.807) is 0 Å².